The molecule has 0 saturated heterocycles. The van der Waals surface area contributed by atoms with Gasteiger partial charge in [0.25, 0.3) is 0 Å². The summed E-state index contributed by atoms with van der Waals surface area (Å²) in [5.74, 6) is 1.52. The van der Waals surface area contributed by atoms with E-state index in [1.807, 2.05) is 0 Å². The average Bonchev–Trinajstić information content (AvgIpc) is 3.15. The zero-order valence-corrected chi connectivity index (χ0v) is 14.9. The summed E-state index contributed by atoms with van der Waals surface area (Å²) in [6.07, 6.45) is 5.51. The highest BCUT2D eigenvalue weighted by atomic mass is 16.2. The van der Waals surface area contributed by atoms with Gasteiger partial charge in [-0.25, -0.2) is 9.78 Å². The Balaban J connectivity index is 1.56. The largest absolute Gasteiger partial charge is 0.338 e. The molecule has 2 N–H and O–H groups in total. The van der Waals surface area contributed by atoms with Gasteiger partial charge in [-0.3, -0.25) is 0 Å². The predicted molar refractivity (Wildman–Crippen MR) is 97.3 cm³/mol. The van der Waals surface area contributed by atoms with Crippen molar-refractivity contribution in [3.63, 3.8) is 0 Å². The number of hydrogen-bond donors (Lipinski definition) is 2. The number of imidazole rings is 1. The first-order valence-electron chi connectivity index (χ1n) is 9.04. The van der Waals surface area contributed by atoms with Crippen molar-refractivity contribution >= 4 is 17.1 Å². The second-order valence-corrected chi connectivity index (χ2v) is 7.14. The third-order valence-electron chi connectivity index (χ3n) is 4.89. The van der Waals surface area contributed by atoms with E-state index in [1.165, 1.54) is 18.4 Å². The third-order valence-corrected chi connectivity index (χ3v) is 4.89. The van der Waals surface area contributed by atoms with Crippen LogP contribution in [0.1, 0.15) is 56.8 Å². The number of carbonyl (C=O) groups is 1. The molecule has 130 valence electrons. The molecule has 0 spiro atoms. The number of fused-ring (bicyclic) bond motifs is 1. The molecule has 1 saturated carbocycles. The van der Waals surface area contributed by atoms with Crippen molar-refractivity contribution in [1.82, 2.24) is 20.2 Å². The van der Waals surface area contributed by atoms with Crippen LogP contribution >= 0.6 is 0 Å². The third kappa shape index (κ3) is 3.71. The van der Waals surface area contributed by atoms with E-state index in [0.29, 0.717) is 18.5 Å². The van der Waals surface area contributed by atoms with Gasteiger partial charge < -0.3 is 15.2 Å². The highest BCUT2D eigenvalue weighted by molar-refractivity contribution is 5.77. The number of aryl methyl sites for hydroxylation is 1. The molecule has 1 aromatic carbocycles. The summed E-state index contributed by atoms with van der Waals surface area (Å²) < 4.78 is 2.16. The summed E-state index contributed by atoms with van der Waals surface area (Å²) in [6, 6.07) is 6.72. The van der Waals surface area contributed by atoms with Gasteiger partial charge in [0, 0.05) is 25.6 Å². The molecule has 0 radical (unpaired) electrons. The Labute approximate surface area is 143 Å². The van der Waals surface area contributed by atoms with Gasteiger partial charge in [-0.2, -0.15) is 0 Å². The number of rotatable bonds is 5. The molecule has 24 heavy (non-hydrogen) atoms. The summed E-state index contributed by atoms with van der Waals surface area (Å²) in [6.45, 7) is 4.97. The standard InChI is InChI=1S/C19H28N4O/c1-13(2)18-22-16-12-14(8-9-17(16)23(18)3)10-11-20-19(24)21-15-6-4-5-7-15/h8-9,12-13,15H,4-7,10-11H2,1-3H3,(H2,20,21,24). The fourth-order valence-electron chi connectivity index (χ4n) is 3.56. The molecule has 5 nitrogen and oxygen atoms in total. The second-order valence-electron chi connectivity index (χ2n) is 7.14. The molecule has 1 aromatic heterocycles. The minimum atomic E-state index is -0.0390. The highest BCUT2D eigenvalue weighted by Gasteiger charge is 2.16. The summed E-state index contributed by atoms with van der Waals surface area (Å²) in [7, 11) is 2.07. The lowest BCUT2D eigenvalue weighted by Gasteiger charge is -2.12. The van der Waals surface area contributed by atoms with Crippen LogP contribution in [0.25, 0.3) is 11.0 Å². The van der Waals surface area contributed by atoms with E-state index in [0.717, 1.165) is 36.1 Å². The van der Waals surface area contributed by atoms with Crippen LogP contribution in [0.2, 0.25) is 0 Å². The van der Waals surface area contributed by atoms with Crippen molar-refractivity contribution < 1.29 is 4.79 Å². The molecule has 1 aliphatic carbocycles. The summed E-state index contributed by atoms with van der Waals surface area (Å²) in [5, 5.41) is 6.02. The summed E-state index contributed by atoms with van der Waals surface area (Å²) in [4.78, 5) is 16.6. The van der Waals surface area contributed by atoms with E-state index < -0.39 is 0 Å². The van der Waals surface area contributed by atoms with Crippen molar-refractivity contribution in [2.75, 3.05) is 6.54 Å². The fourth-order valence-corrected chi connectivity index (χ4v) is 3.56. The SMILES string of the molecule is CC(C)c1nc2cc(CCNC(=O)NC3CCCC3)ccc2n1C. The molecule has 1 fully saturated rings. The maximum atomic E-state index is 11.9. The number of aromatic nitrogens is 2. The fraction of sp³-hybridized carbons (Fsp3) is 0.579. The van der Waals surface area contributed by atoms with Gasteiger partial charge in [0.2, 0.25) is 0 Å². The molecule has 1 aliphatic rings. The number of hydrogen-bond acceptors (Lipinski definition) is 2. The Kier molecular flexibility index (Phi) is 5.07. The number of benzene rings is 1. The van der Waals surface area contributed by atoms with Gasteiger partial charge in [-0.1, -0.05) is 32.8 Å². The number of amides is 2. The van der Waals surface area contributed by atoms with E-state index in [2.05, 4.69) is 54.3 Å². The number of carbonyl (C=O) groups excluding carboxylic acids is 1. The summed E-state index contributed by atoms with van der Waals surface area (Å²) >= 11 is 0. The average molecular weight is 328 g/mol. The van der Waals surface area contributed by atoms with E-state index >= 15 is 0 Å². The minimum Gasteiger partial charge on any atom is -0.338 e. The first-order chi connectivity index (χ1) is 11.5. The van der Waals surface area contributed by atoms with Crippen molar-refractivity contribution in [3.8, 4) is 0 Å². The highest BCUT2D eigenvalue weighted by Crippen LogP contribution is 2.21. The van der Waals surface area contributed by atoms with Crippen LogP contribution < -0.4 is 10.6 Å². The van der Waals surface area contributed by atoms with Crippen LogP contribution in [-0.2, 0) is 13.5 Å². The van der Waals surface area contributed by atoms with Gasteiger partial charge in [-0.15, -0.1) is 0 Å². The van der Waals surface area contributed by atoms with Crippen LogP contribution in [0.15, 0.2) is 18.2 Å². The van der Waals surface area contributed by atoms with Crippen LogP contribution in [0, 0.1) is 0 Å². The van der Waals surface area contributed by atoms with Crippen LogP contribution in [0.5, 0.6) is 0 Å². The molecule has 2 aromatic rings. The predicted octanol–water partition coefficient (Wildman–Crippen LogP) is 3.48. The van der Waals surface area contributed by atoms with Gasteiger partial charge in [0.1, 0.15) is 5.82 Å². The molecule has 0 unspecified atom stereocenters. The topological polar surface area (TPSA) is 59.0 Å². The Hall–Kier alpha value is -2.04. The maximum Gasteiger partial charge on any atom is 0.315 e. The van der Waals surface area contributed by atoms with Crippen molar-refractivity contribution in [2.45, 2.75) is 57.9 Å². The normalized spacial score (nSPS) is 15.3. The zero-order valence-electron chi connectivity index (χ0n) is 14.9. The molecular formula is C19H28N4O. The lowest BCUT2D eigenvalue weighted by molar-refractivity contribution is 0.237. The molecule has 0 atom stereocenters. The Morgan fingerprint density at radius 1 is 1.33 bits per heavy atom. The minimum absolute atomic E-state index is 0.0390. The van der Waals surface area contributed by atoms with E-state index in [-0.39, 0.29) is 6.03 Å². The summed E-state index contributed by atoms with van der Waals surface area (Å²) in [5.41, 5.74) is 3.40. The molecule has 5 heteroatoms. The van der Waals surface area contributed by atoms with Gasteiger partial charge >= 0.3 is 6.03 Å². The van der Waals surface area contributed by atoms with Crippen molar-refractivity contribution in [3.05, 3.63) is 29.6 Å². The van der Waals surface area contributed by atoms with Crippen LogP contribution in [0.3, 0.4) is 0 Å². The quantitative estimate of drug-likeness (QED) is 0.883. The lowest BCUT2D eigenvalue weighted by atomic mass is 10.1. The zero-order chi connectivity index (χ0) is 17.1. The number of urea groups is 1. The van der Waals surface area contributed by atoms with Gasteiger partial charge in [0.15, 0.2) is 0 Å². The maximum absolute atomic E-state index is 11.9. The first-order valence-corrected chi connectivity index (χ1v) is 9.04. The molecular weight excluding hydrogens is 300 g/mol. The van der Waals surface area contributed by atoms with Gasteiger partial charge in [-0.05, 0) is 37.0 Å². The lowest BCUT2D eigenvalue weighted by Crippen LogP contribution is -2.41. The molecule has 0 aliphatic heterocycles. The molecule has 2 amide bonds. The Morgan fingerprint density at radius 2 is 2.08 bits per heavy atom. The van der Waals surface area contributed by atoms with E-state index in [4.69, 9.17) is 4.98 Å². The van der Waals surface area contributed by atoms with Crippen molar-refractivity contribution in [2.24, 2.45) is 7.05 Å². The number of nitrogens with zero attached hydrogens (tertiary/aromatic N) is 2. The molecule has 3 rings (SSSR count). The van der Waals surface area contributed by atoms with E-state index in [9.17, 15) is 4.79 Å². The smallest absolute Gasteiger partial charge is 0.315 e. The van der Waals surface area contributed by atoms with Crippen LogP contribution in [0.4, 0.5) is 4.79 Å². The molecule has 0 bridgehead atoms. The van der Waals surface area contributed by atoms with Crippen LogP contribution in [-0.4, -0.2) is 28.2 Å². The van der Waals surface area contributed by atoms with Crippen molar-refractivity contribution in [1.29, 1.82) is 0 Å². The van der Waals surface area contributed by atoms with E-state index in [1.54, 1.807) is 0 Å². The number of nitrogens with one attached hydrogen (secondary N) is 2. The Morgan fingerprint density at radius 3 is 2.79 bits per heavy atom. The molecule has 1 heterocycles. The van der Waals surface area contributed by atoms with Gasteiger partial charge in [0.05, 0.1) is 11.0 Å². The first kappa shape index (κ1) is 16.8. The second kappa shape index (κ2) is 7.24. The monoisotopic (exact) mass is 328 g/mol. The Bertz CT molecular complexity index is 713.